The highest BCUT2D eigenvalue weighted by Gasteiger charge is 2.30. The first kappa shape index (κ1) is 19.5. The Morgan fingerprint density at radius 1 is 1.08 bits per heavy atom. The van der Waals surface area contributed by atoms with E-state index >= 15 is 0 Å². The summed E-state index contributed by atoms with van der Waals surface area (Å²) >= 11 is 1.65. The van der Waals surface area contributed by atoms with Crippen molar-refractivity contribution in [2.45, 2.75) is 17.4 Å². The third-order valence-corrected chi connectivity index (χ3v) is 6.25. The lowest BCUT2D eigenvalue weighted by molar-refractivity contribution is -0.127. The van der Waals surface area contributed by atoms with Crippen LogP contribution in [-0.2, 0) is 4.79 Å². The quantitative estimate of drug-likeness (QED) is 0.813. The molecule has 2 aromatic rings. The van der Waals surface area contributed by atoms with Crippen LogP contribution in [0, 0.1) is 0 Å². The average Bonchev–Trinajstić information content (AvgIpc) is 3.17. The zero-order valence-corrected chi connectivity index (χ0v) is 16.5. The standard InChI is InChI=1S/C20H25N3OS.ClH/c24-20(23-10-7-18(14-23)22-11-8-21-9-12-22)15-25-19-6-5-16-3-1-2-4-17(16)13-19;/h1-6,13,18,21H,7-12,14-15H2;1H. The molecular formula is C20H26ClN3OS. The second-order valence-corrected chi connectivity index (χ2v) is 7.91. The lowest BCUT2D eigenvalue weighted by atomic mass is 10.1. The van der Waals surface area contributed by atoms with Crippen LogP contribution in [-0.4, -0.2) is 66.8 Å². The van der Waals surface area contributed by atoms with E-state index in [1.54, 1.807) is 11.8 Å². The predicted octanol–water partition coefficient (Wildman–Crippen LogP) is 2.86. The summed E-state index contributed by atoms with van der Waals surface area (Å²) in [5.41, 5.74) is 0. The summed E-state index contributed by atoms with van der Waals surface area (Å²) < 4.78 is 0. The number of nitrogens with zero attached hydrogens (tertiary/aromatic N) is 2. The van der Waals surface area contributed by atoms with Crippen molar-refractivity contribution in [3.8, 4) is 0 Å². The monoisotopic (exact) mass is 391 g/mol. The molecule has 4 nitrogen and oxygen atoms in total. The first-order valence-corrected chi connectivity index (χ1v) is 10.1. The van der Waals surface area contributed by atoms with E-state index in [2.05, 4.69) is 57.6 Å². The number of amides is 1. The van der Waals surface area contributed by atoms with Gasteiger partial charge < -0.3 is 10.2 Å². The highest BCUT2D eigenvalue weighted by Crippen LogP contribution is 2.25. The largest absolute Gasteiger partial charge is 0.340 e. The molecule has 2 aliphatic rings. The molecule has 2 aromatic carbocycles. The summed E-state index contributed by atoms with van der Waals surface area (Å²) in [6.45, 7) is 6.17. The fraction of sp³-hybridized carbons (Fsp3) is 0.450. The van der Waals surface area contributed by atoms with E-state index in [-0.39, 0.29) is 18.3 Å². The molecule has 0 radical (unpaired) electrons. The Kier molecular flexibility index (Phi) is 6.81. The minimum Gasteiger partial charge on any atom is -0.340 e. The van der Waals surface area contributed by atoms with Gasteiger partial charge in [0.1, 0.15) is 0 Å². The van der Waals surface area contributed by atoms with Crippen LogP contribution in [0.5, 0.6) is 0 Å². The van der Waals surface area contributed by atoms with Gasteiger partial charge in [-0.1, -0.05) is 30.3 Å². The summed E-state index contributed by atoms with van der Waals surface area (Å²) in [6.07, 6.45) is 1.12. The van der Waals surface area contributed by atoms with Crippen molar-refractivity contribution >= 4 is 40.8 Å². The van der Waals surface area contributed by atoms with Crippen LogP contribution in [0.25, 0.3) is 10.8 Å². The first-order valence-electron chi connectivity index (χ1n) is 9.14. The Balaban J connectivity index is 0.00000196. The molecule has 26 heavy (non-hydrogen) atoms. The van der Waals surface area contributed by atoms with E-state index in [1.165, 1.54) is 15.7 Å². The van der Waals surface area contributed by atoms with Gasteiger partial charge in [0, 0.05) is 50.2 Å². The Hall–Kier alpha value is -1.27. The van der Waals surface area contributed by atoms with Gasteiger partial charge >= 0.3 is 0 Å². The van der Waals surface area contributed by atoms with Crippen LogP contribution in [0.15, 0.2) is 47.4 Å². The maximum atomic E-state index is 12.6. The van der Waals surface area contributed by atoms with Crippen molar-refractivity contribution in [2.24, 2.45) is 0 Å². The lowest BCUT2D eigenvalue weighted by Crippen LogP contribution is -2.49. The number of fused-ring (bicyclic) bond motifs is 1. The van der Waals surface area contributed by atoms with Crippen LogP contribution < -0.4 is 5.32 Å². The van der Waals surface area contributed by atoms with E-state index in [9.17, 15) is 4.79 Å². The number of hydrogen-bond donors (Lipinski definition) is 1. The lowest BCUT2D eigenvalue weighted by Gasteiger charge is -2.32. The van der Waals surface area contributed by atoms with E-state index in [1.807, 2.05) is 0 Å². The number of likely N-dealkylation sites (tertiary alicyclic amines) is 1. The molecule has 2 saturated heterocycles. The fourth-order valence-electron chi connectivity index (χ4n) is 3.81. The molecule has 2 aliphatic heterocycles. The Morgan fingerprint density at radius 3 is 2.65 bits per heavy atom. The molecule has 0 saturated carbocycles. The summed E-state index contributed by atoms with van der Waals surface area (Å²) in [7, 11) is 0. The van der Waals surface area contributed by atoms with Gasteiger partial charge in [-0.3, -0.25) is 9.69 Å². The van der Waals surface area contributed by atoms with Crippen LogP contribution in [0.2, 0.25) is 0 Å². The number of thioether (sulfide) groups is 1. The molecule has 1 N–H and O–H groups in total. The minimum absolute atomic E-state index is 0. The maximum absolute atomic E-state index is 12.6. The molecule has 1 amide bonds. The van der Waals surface area contributed by atoms with Crippen LogP contribution in [0.4, 0.5) is 0 Å². The van der Waals surface area contributed by atoms with Crippen molar-refractivity contribution in [3.63, 3.8) is 0 Å². The molecule has 0 spiro atoms. The van der Waals surface area contributed by atoms with Gasteiger partial charge in [0.25, 0.3) is 0 Å². The van der Waals surface area contributed by atoms with Crippen molar-refractivity contribution in [3.05, 3.63) is 42.5 Å². The van der Waals surface area contributed by atoms with Gasteiger partial charge in [-0.25, -0.2) is 0 Å². The number of carbonyl (C=O) groups is 1. The third-order valence-electron chi connectivity index (χ3n) is 5.27. The van der Waals surface area contributed by atoms with Crippen LogP contribution in [0.3, 0.4) is 0 Å². The van der Waals surface area contributed by atoms with E-state index in [0.717, 1.165) is 45.7 Å². The molecular weight excluding hydrogens is 366 g/mol. The average molecular weight is 392 g/mol. The number of halogens is 1. The van der Waals surface area contributed by atoms with Gasteiger partial charge in [-0.05, 0) is 29.3 Å². The molecule has 1 unspecified atom stereocenters. The number of rotatable bonds is 4. The molecule has 2 fully saturated rings. The van der Waals surface area contributed by atoms with Gasteiger partial charge in [-0.15, -0.1) is 24.2 Å². The Labute approximate surface area is 165 Å². The SMILES string of the molecule is Cl.O=C(CSc1ccc2ccccc2c1)N1CCC(N2CCNCC2)C1. The number of benzene rings is 2. The Morgan fingerprint density at radius 2 is 1.85 bits per heavy atom. The summed E-state index contributed by atoms with van der Waals surface area (Å²) in [5.74, 6) is 0.808. The molecule has 140 valence electrons. The maximum Gasteiger partial charge on any atom is 0.232 e. The van der Waals surface area contributed by atoms with Crippen molar-refractivity contribution in [1.82, 2.24) is 15.1 Å². The predicted molar refractivity (Wildman–Crippen MR) is 111 cm³/mol. The molecule has 0 aromatic heterocycles. The second kappa shape index (κ2) is 9.09. The fourth-order valence-corrected chi connectivity index (χ4v) is 4.65. The van der Waals surface area contributed by atoms with Gasteiger partial charge in [-0.2, -0.15) is 0 Å². The summed E-state index contributed by atoms with van der Waals surface area (Å²) in [6, 6.07) is 15.3. The number of nitrogens with one attached hydrogen (secondary N) is 1. The minimum atomic E-state index is 0. The molecule has 0 bridgehead atoms. The molecule has 2 heterocycles. The Bertz CT molecular complexity index is 751. The highest BCUT2D eigenvalue weighted by atomic mass is 35.5. The topological polar surface area (TPSA) is 35.6 Å². The van der Waals surface area contributed by atoms with Crippen molar-refractivity contribution < 1.29 is 4.79 Å². The molecule has 6 heteroatoms. The van der Waals surface area contributed by atoms with Crippen LogP contribution >= 0.6 is 24.2 Å². The van der Waals surface area contributed by atoms with Gasteiger partial charge in [0.05, 0.1) is 5.75 Å². The van der Waals surface area contributed by atoms with Crippen molar-refractivity contribution in [1.29, 1.82) is 0 Å². The van der Waals surface area contributed by atoms with Crippen LogP contribution in [0.1, 0.15) is 6.42 Å². The number of piperazine rings is 1. The van der Waals surface area contributed by atoms with E-state index < -0.39 is 0 Å². The van der Waals surface area contributed by atoms with Gasteiger partial charge in [0.15, 0.2) is 0 Å². The van der Waals surface area contributed by atoms with Crippen molar-refractivity contribution in [2.75, 3.05) is 45.0 Å². The van der Waals surface area contributed by atoms with Gasteiger partial charge in [0.2, 0.25) is 5.91 Å². The first-order chi connectivity index (χ1) is 12.3. The summed E-state index contributed by atoms with van der Waals surface area (Å²) in [4.78, 5) is 18.4. The number of hydrogen-bond acceptors (Lipinski definition) is 4. The number of carbonyl (C=O) groups excluding carboxylic acids is 1. The normalized spacial score (nSPS) is 20.9. The summed E-state index contributed by atoms with van der Waals surface area (Å²) in [5, 5.41) is 5.88. The molecule has 1 atom stereocenters. The highest BCUT2D eigenvalue weighted by molar-refractivity contribution is 8.00. The van der Waals surface area contributed by atoms with E-state index in [4.69, 9.17) is 0 Å². The van der Waals surface area contributed by atoms with E-state index in [0.29, 0.717) is 11.8 Å². The molecule has 4 rings (SSSR count). The zero-order valence-electron chi connectivity index (χ0n) is 14.9. The zero-order chi connectivity index (χ0) is 17.1. The third kappa shape index (κ3) is 4.52. The second-order valence-electron chi connectivity index (χ2n) is 6.87. The molecule has 0 aliphatic carbocycles. The smallest absolute Gasteiger partial charge is 0.232 e.